The largest absolute Gasteiger partial charge is 0.295 e. The molecule has 0 N–H and O–H groups in total. The van der Waals surface area contributed by atoms with Crippen LogP contribution >= 0.6 is 11.3 Å². The van der Waals surface area contributed by atoms with Crippen LogP contribution in [0.5, 0.6) is 0 Å². The van der Waals surface area contributed by atoms with Gasteiger partial charge in [0.05, 0.1) is 0 Å². The van der Waals surface area contributed by atoms with Gasteiger partial charge in [0.2, 0.25) is 0 Å². The lowest BCUT2D eigenvalue weighted by molar-refractivity contribution is 0.101. The Kier molecular flexibility index (Phi) is 4.31. The van der Waals surface area contributed by atoms with E-state index in [1.54, 1.807) is 18.3 Å². The third-order valence-corrected chi connectivity index (χ3v) is 4.38. The zero-order valence-corrected chi connectivity index (χ0v) is 13.1. The third kappa shape index (κ3) is 3.41. The van der Waals surface area contributed by atoms with Crippen molar-refractivity contribution in [2.75, 3.05) is 0 Å². The normalized spacial score (nSPS) is 11.0. The van der Waals surface area contributed by atoms with Crippen molar-refractivity contribution in [2.24, 2.45) is 0 Å². The van der Waals surface area contributed by atoms with Gasteiger partial charge >= 0.3 is 0 Å². The van der Waals surface area contributed by atoms with Crippen molar-refractivity contribution in [3.63, 3.8) is 0 Å². The van der Waals surface area contributed by atoms with Crippen molar-refractivity contribution in [2.45, 2.75) is 6.92 Å². The van der Waals surface area contributed by atoms with E-state index in [4.69, 9.17) is 0 Å². The molecule has 0 aliphatic rings. The Morgan fingerprint density at radius 2 is 1.64 bits per heavy atom. The van der Waals surface area contributed by atoms with Crippen molar-refractivity contribution in [1.29, 1.82) is 0 Å². The summed E-state index contributed by atoms with van der Waals surface area (Å²) >= 11 is 1.73. The standard InChI is InChI=1S/C20H16OS/c1-15(21)17-10-7-16(8-11-17)9-12-20-13-19(14-22-20)18-5-3-2-4-6-18/h2-14H,1H3. The maximum Gasteiger partial charge on any atom is 0.159 e. The number of carbonyl (C=O) groups is 1. The van der Waals surface area contributed by atoms with Crippen LogP contribution in [0.1, 0.15) is 27.7 Å². The molecule has 22 heavy (non-hydrogen) atoms. The molecule has 0 fully saturated rings. The molecule has 0 amide bonds. The molecule has 1 heterocycles. The predicted molar refractivity (Wildman–Crippen MR) is 95.1 cm³/mol. The van der Waals surface area contributed by atoms with Gasteiger partial charge in [-0.25, -0.2) is 0 Å². The summed E-state index contributed by atoms with van der Waals surface area (Å²) < 4.78 is 0. The first-order chi connectivity index (χ1) is 10.7. The quantitative estimate of drug-likeness (QED) is 0.558. The van der Waals surface area contributed by atoms with E-state index in [9.17, 15) is 4.79 Å². The van der Waals surface area contributed by atoms with Crippen LogP contribution in [0.25, 0.3) is 23.3 Å². The Labute approximate surface area is 134 Å². The van der Waals surface area contributed by atoms with E-state index in [0.29, 0.717) is 0 Å². The molecule has 0 atom stereocenters. The van der Waals surface area contributed by atoms with Gasteiger partial charge in [-0.15, -0.1) is 11.3 Å². The second-order valence-corrected chi connectivity index (χ2v) is 6.06. The zero-order valence-electron chi connectivity index (χ0n) is 12.3. The summed E-state index contributed by atoms with van der Waals surface area (Å²) in [6, 6.07) is 20.3. The van der Waals surface area contributed by atoms with Crippen molar-refractivity contribution >= 4 is 29.3 Å². The maximum absolute atomic E-state index is 11.3. The summed E-state index contributed by atoms with van der Waals surface area (Å²) in [6.45, 7) is 1.58. The second kappa shape index (κ2) is 6.54. The summed E-state index contributed by atoms with van der Waals surface area (Å²) in [5.41, 5.74) is 4.33. The summed E-state index contributed by atoms with van der Waals surface area (Å²) in [5.74, 6) is 0.0984. The number of benzene rings is 2. The topological polar surface area (TPSA) is 17.1 Å². The summed E-state index contributed by atoms with van der Waals surface area (Å²) in [7, 11) is 0. The fourth-order valence-electron chi connectivity index (χ4n) is 2.23. The molecule has 0 saturated carbocycles. The highest BCUT2D eigenvalue weighted by molar-refractivity contribution is 7.11. The molecule has 3 rings (SSSR count). The summed E-state index contributed by atoms with van der Waals surface area (Å²) in [4.78, 5) is 12.5. The minimum absolute atomic E-state index is 0.0984. The van der Waals surface area contributed by atoms with E-state index in [-0.39, 0.29) is 5.78 Å². The first-order valence-electron chi connectivity index (χ1n) is 7.15. The van der Waals surface area contributed by atoms with Crippen LogP contribution in [0.3, 0.4) is 0 Å². The zero-order chi connectivity index (χ0) is 15.4. The van der Waals surface area contributed by atoms with Gasteiger partial charge in [0.15, 0.2) is 5.78 Å². The van der Waals surface area contributed by atoms with Gasteiger partial charge in [-0.05, 0) is 41.1 Å². The van der Waals surface area contributed by atoms with Gasteiger partial charge in [0.25, 0.3) is 0 Å². The first-order valence-corrected chi connectivity index (χ1v) is 8.03. The van der Waals surface area contributed by atoms with Gasteiger partial charge in [-0.2, -0.15) is 0 Å². The molecule has 2 heteroatoms. The maximum atomic E-state index is 11.3. The van der Waals surface area contributed by atoms with Gasteiger partial charge in [-0.1, -0.05) is 60.7 Å². The lowest BCUT2D eigenvalue weighted by Gasteiger charge is -1.96. The Hall–Kier alpha value is -2.45. The van der Waals surface area contributed by atoms with E-state index < -0.39 is 0 Å². The number of ketones is 1. The van der Waals surface area contributed by atoms with Crippen LogP contribution in [0, 0.1) is 0 Å². The minimum atomic E-state index is 0.0984. The third-order valence-electron chi connectivity index (χ3n) is 3.48. The highest BCUT2D eigenvalue weighted by Gasteiger charge is 2.00. The minimum Gasteiger partial charge on any atom is -0.295 e. The number of rotatable bonds is 4. The Morgan fingerprint density at radius 1 is 0.909 bits per heavy atom. The molecular formula is C20H16OS. The van der Waals surface area contributed by atoms with E-state index in [2.05, 4.69) is 47.9 Å². The number of hydrogen-bond acceptors (Lipinski definition) is 2. The summed E-state index contributed by atoms with van der Waals surface area (Å²) in [5, 5.41) is 2.17. The van der Waals surface area contributed by atoms with Crippen LogP contribution in [0.4, 0.5) is 0 Å². The average molecular weight is 304 g/mol. The van der Waals surface area contributed by atoms with Gasteiger partial charge < -0.3 is 0 Å². The van der Waals surface area contributed by atoms with E-state index >= 15 is 0 Å². The molecule has 2 aromatic carbocycles. The molecule has 0 spiro atoms. The Balaban J connectivity index is 1.76. The predicted octanol–water partition coefficient (Wildman–Crippen LogP) is 5.79. The van der Waals surface area contributed by atoms with Crippen LogP contribution in [0.15, 0.2) is 66.0 Å². The highest BCUT2D eigenvalue weighted by atomic mass is 32.1. The molecule has 108 valence electrons. The van der Waals surface area contributed by atoms with Gasteiger partial charge in [0.1, 0.15) is 0 Å². The Morgan fingerprint density at radius 3 is 2.32 bits per heavy atom. The van der Waals surface area contributed by atoms with Crippen molar-refractivity contribution in [1.82, 2.24) is 0 Å². The smallest absolute Gasteiger partial charge is 0.159 e. The lowest BCUT2D eigenvalue weighted by Crippen LogP contribution is -1.90. The van der Waals surface area contributed by atoms with Crippen LogP contribution in [-0.4, -0.2) is 5.78 Å². The Bertz CT molecular complexity index is 795. The van der Waals surface area contributed by atoms with Crippen molar-refractivity contribution in [3.05, 3.63) is 82.0 Å². The molecule has 0 aliphatic carbocycles. The van der Waals surface area contributed by atoms with Crippen LogP contribution in [0.2, 0.25) is 0 Å². The van der Waals surface area contributed by atoms with Crippen molar-refractivity contribution < 1.29 is 4.79 Å². The van der Waals surface area contributed by atoms with Gasteiger partial charge in [0, 0.05) is 10.4 Å². The van der Waals surface area contributed by atoms with Crippen LogP contribution < -0.4 is 0 Å². The second-order valence-electron chi connectivity index (χ2n) is 5.12. The molecule has 0 unspecified atom stereocenters. The number of carbonyl (C=O) groups excluding carboxylic acids is 1. The fraction of sp³-hybridized carbons (Fsp3) is 0.0500. The fourth-order valence-corrected chi connectivity index (χ4v) is 3.04. The molecule has 0 saturated heterocycles. The molecule has 1 aromatic heterocycles. The molecule has 1 nitrogen and oxygen atoms in total. The number of thiophene rings is 1. The summed E-state index contributed by atoms with van der Waals surface area (Å²) in [6.07, 6.45) is 4.18. The van der Waals surface area contributed by atoms with E-state index in [1.807, 2.05) is 30.3 Å². The van der Waals surface area contributed by atoms with Gasteiger partial charge in [-0.3, -0.25) is 4.79 Å². The molecule has 0 radical (unpaired) electrons. The number of Topliss-reactive ketones (excluding diaryl/α,β-unsaturated/α-hetero) is 1. The molecule has 3 aromatic rings. The molecule has 0 bridgehead atoms. The van der Waals surface area contributed by atoms with E-state index in [0.717, 1.165) is 11.1 Å². The molecule has 0 aliphatic heterocycles. The molecular weight excluding hydrogens is 288 g/mol. The SMILES string of the molecule is CC(=O)c1ccc(C=Cc2cc(-c3ccccc3)cs2)cc1. The number of hydrogen-bond donors (Lipinski definition) is 0. The van der Waals surface area contributed by atoms with Crippen molar-refractivity contribution in [3.8, 4) is 11.1 Å². The monoisotopic (exact) mass is 304 g/mol. The van der Waals surface area contributed by atoms with E-state index in [1.165, 1.54) is 16.0 Å². The first kappa shape index (κ1) is 14.5. The highest BCUT2D eigenvalue weighted by Crippen LogP contribution is 2.26. The average Bonchev–Trinajstić information content (AvgIpc) is 3.03. The van der Waals surface area contributed by atoms with Crippen LogP contribution in [-0.2, 0) is 0 Å². The lowest BCUT2D eigenvalue weighted by atomic mass is 10.1.